The molecule has 3 heterocycles. The number of aromatic carboxylic acids is 1. The van der Waals surface area contributed by atoms with Crippen molar-refractivity contribution in [3.63, 3.8) is 0 Å². The third kappa shape index (κ3) is 5.73. The SMILES string of the molecule is CCC1(Cn2c(Cc3cc(F)c(-c4ccc(F)c(OCc5ccc(C)cc5F)n4)cc3F)nc3ccc(C(=O)O)nc32)CC1. The quantitative estimate of drug-likeness (QED) is 0.167. The predicted molar refractivity (Wildman–Crippen MR) is 154 cm³/mol. The van der Waals surface area contributed by atoms with Crippen molar-refractivity contribution in [1.82, 2.24) is 19.5 Å². The summed E-state index contributed by atoms with van der Waals surface area (Å²) in [6, 6.07) is 11.7. The molecule has 0 unspecified atom stereocenters. The van der Waals surface area contributed by atoms with Gasteiger partial charge in [0.05, 0.1) is 5.69 Å². The molecule has 44 heavy (non-hydrogen) atoms. The highest BCUT2D eigenvalue weighted by Gasteiger charge is 2.42. The van der Waals surface area contributed by atoms with Gasteiger partial charge in [-0.05, 0) is 85.2 Å². The van der Waals surface area contributed by atoms with Crippen molar-refractivity contribution in [2.75, 3.05) is 0 Å². The van der Waals surface area contributed by atoms with Gasteiger partial charge in [0.15, 0.2) is 17.2 Å². The van der Waals surface area contributed by atoms with Gasteiger partial charge in [-0.3, -0.25) is 0 Å². The Morgan fingerprint density at radius 3 is 2.39 bits per heavy atom. The summed E-state index contributed by atoms with van der Waals surface area (Å²) in [6.07, 6.45) is 2.82. The minimum Gasteiger partial charge on any atom is -0.477 e. The molecule has 0 amide bonds. The van der Waals surface area contributed by atoms with Crippen LogP contribution in [0.2, 0.25) is 0 Å². The summed E-state index contributed by atoms with van der Waals surface area (Å²) >= 11 is 0. The summed E-state index contributed by atoms with van der Waals surface area (Å²) in [6.45, 7) is 4.04. The molecule has 0 atom stereocenters. The molecular weight excluding hydrogens is 576 g/mol. The fourth-order valence-electron chi connectivity index (χ4n) is 5.28. The number of fused-ring (bicyclic) bond motifs is 1. The summed E-state index contributed by atoms with van der Waals surface area (Å²) in [5.41, 5.74) is 1.39. The van der Waals surface area contributed by atoms with Crippen LogP contribution in [0.5, 0.6) is 5.88 Å². The van der Waals surface area contributed by atoms with E-state index in [1.165, 1.54) is 24.3 Å². The van der Waals surface area contributed by atoms with Gasteiger partial charge in [0.2, 0.25) is 0 Å². The van der Waals surface area contributed by atoms with E-state index in [-0.39, 0.29) is 46.5 Å². The lowest BCUT2D eigenvalue weighted by atomic mass is 10.0. The predicted octanol–water partition coefficient (Wildman–Crippen LogP) is 7.42. The van der Waals surface area contributed by atoms with Gasteiger partial charge in [-0.15, -0.1) is 0 Å². The maximum absolute atomic E-state index is 15.5. The van der Waals surface area contributed by atoms with Crippen LogP contribution < -0.4 is 4.74 Å². The van der Waals surface area contributed by atoms with Crippen LogP contribution in [0, 0.1) is 35.6 Å². The number of halogens is 4. The zero-order chi connectivity index (χ0) is 31.2. The first-order valence-electron chi connectivity index (χ1n) is 14.2. The lowest BCUT2D eigenvalue weighted by Crippen LogP contribution is -2.15. The van der Waals surface area contributed by atoms with Crippen molar-refractivity contribution in [3.8, 4) is 17.1 Å². The molecule has 2 aromatic carbocycles. The Morgan fingerprint density at radius 1 is 0.909 bits per heavy atom. The maximum atomic E-state index is 15.5. The van der Waals surface area contributed by atoms with Gasteiger partial charge in [-0.25, -0.2) is 37.3 Å². The van der Waals surface area contributed by atoms with Crippen molar-refractivity contribution < 1.29 is 32.2 Å². The van der Waals surface area contributed by atoms with Crippen LogP contribution in [-0.2, 0) is 19.6 Å². The van der Waals surface area contributed by atoms with Crippen molar-refractivity contribution in [1.29, 1.82) is 0 Å². The Balaban J connectivity index is 1.30. The van der Waals surface area contributed by atoms with Gasteiger partial charge < -0.3 is 14.4 Å². The molecule has 11 heteroatoms. The molecule has 5 aromatic rings. The molecular formula is C33H28F4N4O3. The van der Waals surface area contributed by atoms with Crippen molar-refractivity contribution in [3.05, 3.63) is 106 Å². The fourth-order valence-corrected chi connectivity index (χ4v) is 5.28. The molecule has 0 aliphatic heterocycles. The molecule has 1 aliphatic carbocycles. The van der Waals surface area contributed by atoms with E-state index < -0.39 is 35.1 Å². The zero-order valence-corrected chi connectivity index (χ0v) is 24.0. The number of imidazole rings is 1. The van der Waals surface area contributed by atoms with E-state index in [0.29, 0.717) is 29.1 Å². The molecule has 226 valence electrons. The number of carbonyl (C=O) groups is 1. The van der Waals surface area contributed by atoms with Gasteiger partial charge in [0.25, 0.3) is 5.88 Å². The zero-order valence-electron chi connectivity index (χ0n) is 24.0. The van der Waals surface area contributed by atoms with E-state index in [4.69, 9.17) is 4.74 Å². The molecule has 1 N–H and O–H groups in total. The number of aromatic nitrogens is 4. The maximum Gasteiger partial charge on any atom is 0.354 e. The van der Waals surface area contributed by atoms with Gasteiger partial charge in [-0.1, -0.05) is 19.1 Å². The van der Waals surface area contributed by atoms with E-state index in [1.807, 2.05) is 4.57 Å². The summed E-state index contributed by atoms with van der Waals surface area (Å²) in [5.74, 6) is -4.09. The Kier molecular flexibility index (Phi) is 7.56. The molecule has 3 aromatic heterocycles. The standard InChI is InChI=1S/C33H28F4N4O3/c1-3-33(10-11-33)17-41-29(38-27-8-9-28(32(42)43)39-30(27)41)14-20-13-25(37)21(15-24(20)36)26-7-6-22(34)31(40-26)44-16-19-5-4-18(2)12-23(19)35/h4-9,12-13,15H,3,10-11,14,16-17H2,1-2H3,(H,42,43). The van der Waals surface area contributed by atoms with Gasteiger partial charge in [0.1, 0.15) is 35.4 Å². The van der Waals surface area contributed by atoms with Gasteiger partial charge in [0, 0.05) is 24.1 Å². The van der Waals surface area contributed by atoms with Crippen LogP contribution in [0.25, 0.3) is 22.4 Å². The normalized spacial score (nSPS) is 13.8. The number of carboxylic acids is 1. The molecule has 6 rings (SSSR count). The van der Waals surface area contributed by atoms with E-state index in [0.717, 1.165) is 37.5 Å². The number of hydrogen-bond acceptors (Lipinski definition) is 5. The topological polar surface area (TPSA) is 90.1 Å². The first-order chi connectivity index (χ1) is 21.1. The molecule has 7 nitrogen and oxygen atoms in total. The molecule has 1 aliphatic rings. The largest absolute Gasteiger partial charge is 0.477 e. The van der Waals surface area contributed by atoms with E-state index in [1.54, 1.807) is 19.1 Å². The summed E-state index contributed by atoms with van der Waals surface area (Å²) < 4.78 is 66.9. The van der Waals surface area contributed by atoms with Crippen molar-refractivity contribution >= 4 is 17.1 Å². The van der Waals surface area contributed by atoms with Gasteiger partial charge >= 0.3 is 5.97 Å². The second kappa shape index (κ2) is 11.4. The Labute approximate surface area is 250 Å². The lowest BCUT2D eigenvalue weighted by Gasteiger charge is -2.17. The summed E-state index contributed by atoms with van der Waals surface area (Å²) in [7, 11) is 0. The van der Waals surface area contributed by atoms with E-state index >= 15 is 8.78 Å². The summed E-state index contributed by atoms with van der Waals surface area (Å²) in [4.78, 5) is 24.5. The van der Waals surface area contributed by atoms with Crippen LogP contribution in [0.15, 0.2) is 54.6 Å². The lowest BCUT2D eigenvalue weighted by molar-refractivity contribution is 0.0691. The molecule has 0 radical (unpaired) electrons. The van der Waals surface area contributed by atoms with E-state index in [2.05, 4.69) is 21.9 Å². The first-order valence-corrected chi connectivity index (χ1v) is 14.2. The van der Waals surface area contributed by atoms with Crippen LogP contribution in [0.4, 0.5) is 17.6 Å². The van der Waals surface area contributed by atoms with Crippen molar-refractivity contribution in [2.45, 2.75) is 52.7 Å². The van der Waals surface area contributed by atoms with E-state index in [9.17, 15) is 18.7 Å². The summed E-state index contributed by atoms with van der Waals surface area (Å²) in [5, 5.41) is 9.46. The number of carboxylic acid groups (broad SMARTS) is 1. The molecule has 0 spiro atoms. The van der Waals surface area contributed by atoms with Crippen LogP contribution in [0.3, 0.4) is 0 Å². The molecule has 0 bridgehead atoms. The average Bonchev–Trinajstić information content (AvgIpc) is 3.70. The highest BCUT2D eigenvalue weighted by Crippen LogP contribution is 2.50. The Bertz CT molecular complexity index is 1920. The average molecular weight is 605 g/mol. The smallest absolute Gasteiger partial charge is 0.354 e. The fraction of sp³-hybridized carbons (Fsp3) is 0.273. The minimum absolute atomic E-state index is 0.0240. The number of pyridine rings is 2. The van der Waals surface area contributed by atoms with Crippen molar-refractivity contribution in [2.24, 2.45) is 5.41 Å². The second-order valence-corrected chi connectivity index (χ2v) is 11.3. The number of rotatable bonds is 10. The second-order valence-electron chi connectivity index (χ2n) is 11.3. The third-order valence-corrected chi connectivity index (χ3v) is 8.24. The van der Waals surface area contributed by atoms with Crippen LogP contribution >= 0.6 is 0 Å². The van der Waals surface area contributed by atoms with Crippen LogP contribution in [0.1, 0.15) is 59.2 Å². The number of nitrogens with zero attached hydrogens (tertiary/aromatic N) is 4. The molecule has 1 fully saturated rings. The van der Waals surface area contributed by atoms with Crippen LogP contribution in [-0.4, -0.2) is 30.6 Å². The highest BCUT2D eigenvalue weighted by molar-refractivity contribution is 5.88. The highest BCUT2D eigenvalue weighted by atomic mass is 19.1. The Morgan fingerprint density at radius 2 is 1.68 bits per heavy atom. The molecule has 0 saturated heterocycles. The number of hydrogen-bond donors (Lipinski definition) is 1. The third-order valence-electron chi connectivity index (χ3n) is 8.24. The molecule has 1 saturated carbocycles. The first kappa shape index (κ1) is 29.3. The number of ether oxygens (including phenoxy) is 1. The number of benzene rings is 2. The van der Waals surface area contributed by atoms with Gasteiger partial charge in [-0.2, -0.15) is 0 Å². The number of aryl methyl sites for hydroxylation is 1. The minimum atomic E-state index is -1.17. The monoisotopic (exact) mass is 604 g/mol. The Hall–Kier alpha value is -4.80.